The average molecular weight is 342 g/mol. The zero-order chi connectivity index (χ0) is 17.9. The second-order valence-corrected chi connectivity index (χ2v) is 6.83. The molecule has 1 aliphatic carbocycles. The summed E-state index contributed by atoms with van der Waals surface area (Å²) in [4.78, 5) is 12.1. The monoisotopic (exact) mass is 342 g/mol. The van der Waals surface area contributed by atoms with E-state index in [1.54, 1.807) is 0 Å². The average Bonchev–Trinajstić information content (AvgIpc) is 3.02. The summed E-state index contributed by atoms with van der Waals surface area (Å²) in [5.74, 6) is -0.00436. The Labute approximate surface area is 154 Å². The number of aryl methyl sites for hydroxylation is 1. The van der Waals surface area contributed by atoms with E-state index in [1.165, 1.54) is 27.8 Å². The van der Waals surface area contributed by atoms with Crippen LogP contribution < -0.4 is 10.6 Å². The smallest absolute Gasteiger partial charge is 0.239 e. The zero-order valence-corrected chi connectivity index (χ0v) is 14.9. The topological polar surface area (TPSA) is 41.1 Å². The summed E-state index contributed by atoms with van der Waals surface area (Å²) in [5, 5.41) is 6.20. The third kappa shape index (κ3) is 3.47. The molecule has 0 saturated carbocycles. The van der Waals surface area contributed by atoms with Crippen molar-refractivity contribution in [2.75, 3.05) is 11.9 Å². The normalized spacial score (nSPS) is 11.6. The van der Waals surface area contributed by atoms with E-state index < -0.39 is 0 Å². The van der Waals surface area contributed by atoms with E-state index in [9.17, 15) is 4.79 Å². The van der Waals surface area contributed by atoms with Crippen LogP contribution >= 0.6 is 0 Å². The highest BCUT2D eigenvalue weighted by Crippen LogP contribution is 2.37. The van der Waals surface area contributed by atoms with Gasteiger partial charge in [0.15, 0.2) is 0 Å². The first kappa shape index (κ1) is 16.4. The molecule has 26 heavy (non-hydrogen) atoms. The Morgan fingerprint density at radius 2 is 1.77 bits per heavy atom. The molecule has 0 saturated heterocycles. The number of hydrogen-bond donors (Lipinski definition) is 2. The molecule has 1 aliphatic rings. The van der Waals surface area contributed by atoms with Crippen molar-refractivity contribution >= 4 is 11.6 Å². The molecule has 3 heteroatoms. The first-order chi connectivity index (χ1) is 12.7. The predicted octanol–water partition coefficient (Wildman–Crippen LogP) is 4.29. The molecule has 3 aromatic rings. The lowest BCUT2D eigenvalue weighted by Crippen LogP contribution is -2.29. The number of nitrogens with one attached hydrogen (secondary N) is 2. The predicted molar refractivity (Wildman–Crippen MR) is 106 cm³/mol. The number of carbonyl (C=O) groups excluding carboxylic acids is 1. The van der Waals surface area contributed by atoms with Crippen molar-refractivity contribution < 1.29 is 4.79 Å². The van der Waals surface area contributed by atoms with Gasteiger partial charge in [0.2, 0.25) is 5.91 Å². The number of anilines is 1. The molecule has 0 unspecified atom stereocenters. The fourth-order valence-electron chi connectivity index (χ4n) is 3.52. The summed E-state index contributed by atoms with van der Waals surface area (Å²) in [6.45, 7) is 2.89. The number of carbonyl (C=O) groups is 1. The molecule has 0 aromatic heterocycles. The third-order valence-corrected chi connectivity index (χ3v) is 4.82. The largest absolute Gasteiger partial charge is 0.376 e. The van der Waals surface area contributed by atoms with E-state index in [2.05, 4.69) is 72.2 Å². The lowest BCUT2D eigenvalue weighted by molar-refractivity contribution is -0.119. The molecular weight excluding hydrogens is 320 g/mol. The fourth-order valence-corrected chi connectivity index (χ4v) is 3.52. The van der Waals surface area contributed by atoms with Crippen molar-refractivity contribution in [1.82, 2.24) is 5.32 Å². The van der Waals surface area contributed by atoms with Gasteiger partial charge in [-0.05, 0) is 53.3 Å². The van der Waals surface area contributed by atoms with Gasteiger partial charge in [0.05, 0.1) is 6.54 Å². The lowest BCUT2D eigenvalue weighted by Gasteiger charge is -2.10. The Morgan fingerprint density at radius 1 is 0.923 bits per heavy atom. The minimum Gasteiger partial charge on any atom is -0.376 e. The van der Waals surface area contributed by atoms with Crippen LogP contribution in [-0.4, -0.2) is 12.5 Å². The van der Waals surface area contributed by atoms with Gasteiger partial charge in [-0.25, -0.2) is 0 Å². The number of fused-ring (bicyclic) bond motifs is 3. The van der Waals surface area contributed by atoms with Crippen molar-refractivity contribution in [1.29, 1.82) is 0 Å². The van der Waals surface area contributed by atoms with Crippen molar-refractivity contribution in [3.63, 3.8) is 0 Å². The van der Waals surface area contributed by atoms with E-state index in [4.69, 9.17) is 0 Å². The van der Waals surface area contributed by atoms with Crippen molar-refractivity contribution in [3.8, 4) is 11.1 Å². The molecule has 0 fully saturated rings. The molecule has 130 valence electrons. The van der Waals surface area contributed by atoms with Gasteiger partial charge in [-0.1, -0.05) is 60.2 Å². The van der Waals surface area contributed by atoms with Crippen LogP contribution in [0.15, 0.2) is 66.7 Å². The molecule has 4 rings (SSSR count). The molecule has 3 nitrogen and oxygen atoms in total. The van der Waals surface area contributed by atoms with Gasteiger partial charge in [0.1, 0.15) is 0 Å². The number of hydrogen-bond acceptors (Lipinski definition) is 2. The fraction of sp³-hybridized carbons (Fsp3) is 0.174. The van der Waals surface area contributed by atoms with Crippen LogP contribution in [0.2, 0.25) is 0 Å². The first-order valence-corrected chi connectivity index (χ1v) is 8.96. The molecule has 1 amide bonds. The summed E-state index contributed by atoms with van der Waals surface area (Å²) >= 11 is 0. The minimum atomic E-state index is -0.00436. The zero-order valence-electron chi connectivity index (χ0n) is 14.9. The van der Waals surface area contributed by atoms with E-state index >= 15 is 0 Å². The summed E-state index contributed by atoms with van der Waals surface area (Å²) < 4.78 is 0. The SMILES string of the molecule is Cc1cccc(CNC(=O)CNc2ccc3c(c2)Cc2ccccc2-3)c1. The maximum Gasteiger partial charge on any atom is 0.239 e. The quantitative estimate of drug-likeness (QED) is 0.568. The first-order valence-electron chi connectivity index (χ1n) is 8.96. The molecule has 0 aliphatic heterocycles. The summed E-state index contributed by atoms with van der Waals surface area (Å²) in [7, 11) is 0. The summed E-state index contributed by atoms with van der Waals surface area (Å²) in [6.07, 6.45) is 0.959. The van der Waals surface area contributed by atoms with E-state index in [0.29, 0.717) is 6.54 Å². The standard InChI is InChI=1S/C23H22N2O/c1-16-5-4-6-17(11-16)14-25-23(26)15-24-20-9-10-22-19(13-20)12-18-7-2-3-8-21(18)22/h2-11,13,24H,12,14-15H2,1H3,(H,25,26). The highest BCUT2D eigenvalue weighted by atomic mass is 16.1. The second-order valence-electron chi connectivity index (χ2n) is 6.83. The van der Waals surface area contributed by atoms with Gasteiger partial charge in [0, 0.05) is 12.2 Å². The third-order valence-electron chi connectivity index (χ3n) is 4.82. The van der Waals surface area contributed by atoms with E-state index in [-0.39, 0.29) is 12.5 Å². The Morgan fingerprint density at radius 3 is 2.65 bits per heavy atom. The molecule has 0 bridgehead atoms. The number of benzene rings is 3. The van der Waals surface area contributed by atoms with Crippen molar-refractivity contribution in [2.45, 2.75) is 19.9 Å². The van der Waals surface area contributed by atoms with Crippen molar-refractivity contribution in [2.24, 2.45) is 0 Å². The number of rotatable bonds is 5. The summed E-state index contributed by atoms with van der Waals surface area (Å²) in [6, 6.07) is 23.1. The Kier molecular flexibility index (Phi) is 4.44. The van der Waals surface area contributed by atoms with Crippen LogP contribution in [-0.2, 0) is 17.8 Å². The van der Waals surface area contributed by atoms with Crippen LogP contribution in [0.25, 0.3) is 11.1 Å². The van der Waals surface area contributed by atoms with Crippen molar-refractivity contribution in [3.05, 3.63) is 89.0 Å². The lowest BCUT2D eigenvalue weighted by atomic mass is 10.1. The van der Waals surface area contributed by atoms with Gasteiger partial charge in [-0.3, -0.25) is 4.79 Å². The Balaban J connectivity index is 1.34. The highest BCUT2D eigenvalue weighted by molar-refractivity contribution is 5.82. The second kappa shape index (κ2) is 7.04. The molecule has 0 spiro atoms. The molecule has 0 heterocycles. The highest BCUT2D eigenvalue weighted by Gasteiger charge is 2.17. The van der Waals surface area contributed by atoms with Crippen LogP contribution in [0.5, 0.6) is 0 Å². The minimum absolute atomic E-state index is 0.00436. The van der Waals surface area contributed by atoms with Gasteiger partial charge in [0.25, 0.3) is 0 Å². The Bertz CT molecular complexity index is 962. The molecule has 2 N–H and O–H groups in total. The Hall–Kier alpha value is -3.07. The van der Waals surface area contributed by atoms with Gasteiger partial charge < -0.3 is 10.6 Å². The van der Waals surface area contributed by atoms with Crippen LogP contribution in [0, 0.1) is 6.92 Å². The maximum atomic E-state index is 12.1. The molecule has 3 aromatic carbocycles. The maximum absolute atomic E-state index is 12.1. The summed E-state index contributed by atoms with van der Waals surface area (Å²) in [5.41, 5.74) is 8.62. The number of amides is 1. The van der Waals surface area contributed by atoms with Crippen LogP contribution in [0.4, 0.5) is 5.69 Å². The van der Waals surface area contributed by atoms with E-state index in [1.807, 2.05) is 12.1 Å². The molecule has 0 atom stereocenters. The molecular formula is C23H22N2O. The molecule has 0 radical (unpaired) electrons. The van der Waals surface area contributed by atoms with Crippen LogP contribution in [0.3, 0.4) is 0 Å². The van der Waals surface area contributed by atoms with Gasteiger partial charge in [-0.15, -0.1) is 0 Å². The van der Waals surface area contributed by atoms with Gasteiger partial charge in [-0.2, -0.15) is 0 Å². The van der Waals surface area contributed by atoms with Gasteiger partial charge >= 0.3 is 0 Å². The van der Waals surface area contributed by atoms with Crippen LogP contribution in [0.1, 0.15) is 22.3 Å². The van der Waals surface area contributed by atoms with E-state index in [0.717, 1.165) is 17.7 Å².